The number of sulfonamides is 1. The summed E-state index contributed by atoms with van der Waals surface area (Å²) in [6.07, 6.45) is -0.866. The van der Waals surface area contributed by atoms with E-state index in [1.165, 1.54) is 11.4 Å². The first-order chi connectivity index (χ1) is 15.1. The van der Waals surface area contributed by atoms with E-state index < -0.39 is 16.1 Å². The van der Waals surface area contributed by atoms with Crippen molar-refractivity contribution in [1.29, 1.82) is 0 Å². The zero-order valence-corrected chi connectivity index (χ0v) is 19.9. The summed E-state index contributed by atoms with van der Waals surface area (Å²) in [5.41, 5.74) is 2.78. The molecule has 1 atom stereocenters. The topological polar surface area (TPSA) is 99.8 Å². The highest BCUT2D eigenvalue weighted by Crippen LogP contribution is 2.22. The van der Waals surface area contributed by atoms with E-state index in [1.54, 1.807) is 19.1 Å². The van der Waals surface area contributed by atoms with E-state index in [4.69, 9.17) is 4.52 Å². The number of aliphatic hydroxyl groups is 1. The minimum atomic E-state index is -3.68. The molecule has 0 saturated carbocycles. The third kappa shape index (κ3) is 5.53. The van der Waals surface area contributed by atoms with Crippen LogP contribution in [0.3, 0.4) is 0 Å². The monoisotopic (exact) mass is 458 g/mol. The van der Waals surface area contributed by atoms with Crippen LogP contribution >= 0.6 is 0 Å². The molecule has 172 valence electrons. The summed E-state index contributed by atoms with van der Waals surface area (Å²) in [6.45, 7) is 6.11. The molecule has 0 spiro atoms. The highest BCUT2D eigenvalue weighted by atomic mass is 32.2. The normalized spacial score (nSPS) is 13.0. The van der Waals surface area contributed by atoms with Gasteiger partial charge in [0.25, 0.3) is 0 Å². The van der Waals surface area contributed by atoms with Gasteiger partial charge in [0.1, 0.15) is 0 Å². The van der Waals surface area contributed by atoms with Crippen LogP contribution in [0.25, 0.3) is 11.4 Å². The summed E-state index contributed by atoms with van der Waals surface area (Å²) in [4.78, 5) is 6.29. The molecule has 0 amide bonds. The fourth-order valence-corrected chi connectivity index (χ4v) is 4.57. The van der Waals surface area contributed by atoms with E-state index in [-0.39, 0.29) is 18.0 Å². The van der Waals surface area contributed by atoms with Crippen LogP contribution in [0, 0.1) is 6.92 Å². The highest BCUT2D eigenvalue weighted by molar-refractivity contribution is 7.89. The van der Waals surface area contributed by atoms with Crippen LogP contribution in [-0.4, -0.2) is 61.3 Å². The smallest absolute Gasteiger partial charge is 0.242 e. The van der Waals surface area contributed by atoms with Crippen molar-refractivity contribution in [2.24, 2.45) is 0 Å². The lowest BCUT2D eigenvalue weighted by Crippen LogP contribution is -2.40. The number of aliphatic hydroxyl groups excluding tert-OH is 1. The van der Waals surface area contributed by atoms with Crippen LogP contribution in [-0.2, 0) is 10.0 Å². The minimum absolute atomic E-state index is 0.0151. The van der Waals surface area contributed by atoms with Crippen molar-refractivity contribution in [3.05, 3.63) is 60.0 Å². The van der Waals surface area contributed by atoms with Crippen molar-refractivity contribution in [1.82, 2.24) is 14.4 Å². The fraction of sp³-hybridized carbons (Fsp3) is 0.391. The van der Waals surface area contributed by atoms with Crippen LogP contribution in [0.15, 0.2) is 57.9 Å². The molecule has 2 aromatic carbocycles. The Morgan fingerprint density at radius 1 is 1.00 bits per heavy atom. The van der Waals surface area contributed by atoms with Gasteiger partial charge in [0.15, 0.2) is 0 Å². The summed E-state index contributed by atoms with van der Waals surface area (Å²) >= 11 is 0. The summed E-state index contributed by atoms with van der Waals surface area (Å²) in [5, 5.41) is 14.4. The lowest BCUT2D eigenvalue weighted by atomic mass is 10.0. The quantitative estimate of drug-likeness (QED) is 0.525. The second-order valence-electron chi connectivity index (χ2n) is 8.23. The summed E-state index contributed by atoms with van der Waals surface area (Å²) in [5.74, 6) is 1.34. The van der Waals surface area contributed by atoms with Crippen molar-refractivity contribution >= 4 is 15.7 Å². The van der Waals surface area contributed by atoms with Gasteiger partial charge in [-0.25, -0.2) is 8.42 Å². The number of rotatable bonds is 9. The summed E-state index contributed by atoms with van der Waals surface area (Å²) in [6, 6.07) is 14.4. The molecule has 9 heteroatoms. The maximum Gasteiger partial charge on any atom is 0.242 e. The summed E-state index contributed by atoms with van der Waals surface area (Å²) in [7, 11) is -0.353. The zero-order valence-electron chi connectivity index (χ0n) is 19.1. The van der Waals surface area contributed by atoms with Crippen molar-refractivity contribution < 1.29 is 18.0 Å². The number of benzene rings is 2. The van der Waals surface area contributed by atoms with Crippen LogP contribution in [0.4, 0.5) is 5.69 Å². The van der Waals surface area contributed by atoms with Gasteiger partial charge in [-0.2, -0.15) is 9.29 Å². The molecule has 0 saturated heterocycles. The fourth-order valence-electron chi connectivity index (χ4n) is 3.36. The minimum Gasteiger partial charge on any atom is -0.390 e. The molecule has 32 heavy (non-hydrogen) atoms. The van der Waals surface area contributed by atoms with Gasteiger partial charge in [-0.3, -0.25) is 0 Å². The molecule has 8 nitrogen and oxygen atoms in total. The van der Waals surface area contributed by atoms with Gasteiger partial charge >= 0.3 is 0 Å². The average molecular weight is 459 g/mol. The Kier molecular flexibility index (Phi) is 7.33. The van der Waals surface area contributed by atoms with Crippen molar-refractivity contribution in [2.75, 3.05) is 32.1 Å². The number of nitrogens with zero attached hydrogens (tertiary/aromatic N) is 4. The zero-order chi connectivity index (χ0) is 23.5. The lowest BCUT2D eigenvalue weighted by molar-refractivity contribution is 0.159. The second kappa shape index (κ2) is 9.81. The third-order valence-corrected chi connectivity index (χ3v) is 7.14. The average Bonchev–Trinajstić information content (AvgIpc) is 3.20. The first kappa shape index (κ1) is 23.9. The van der Waals surface area contributed by atoms with E-state index in [9.17, 15) is 13.5 Å². The van der Waals surface area contributed by atoms with E-state index in [2.05, 4.69) is 24.0 Å². The second-order valence-corrected chi connectivity index (χ2v) is 10.3. The van der Waals surface area contributed by atoms with Gasteiger partial charge in [0, 0.05) is 45.4 Å². The molecule has 3 aromatic rings. The molecule has 1 aromatic heterocycles. The van der Waals surface area contributed by atoms with Crippen LogP contribution in [0.5, 0.6) is 0 Å². The van der Waals surface area contributed by atoms with Gasteiger partial charge in [-0.15, -0.1) is 0 Å². The van der Waals surface area contributed by atoms with Crippen molar-refractivity contribution in [2.45, 2.75) is 37.7 Å². The van der Waals surface area contributed by atoms with E-state index >= 15 is 0 Å². The summed E-state index contributed by atoms with van der Waals surface area (Å²) < 4.78 is 31.9. The molecule has 3 rings (SSSR count). The molecule has 0 radical (unpaired) electrons. The predicted molar refractivity (Wildman–Crippen MR) is 124 cm³/mol. The Hall–Kier alpha value is -2.75. The van der Waals surface area contributed by atoms with Crippen molar-refractivity contribution in [3.63, 3.8) is 0 Å². The molecule has 1 unspecified atom stereocenters. The maximum atomic E-state index is 12.9. The standard InChI is InChI=1S/C23H30N4O4S/c1-16(2)18-8-12-22(13-9-18)32(29,30)27(5)15-21(28)14-26(4)20-10-6-19(7-11-20)23-24-17(3)31-25-23/h6-13,16,21,28H,14-15H2,1-5H3. The number of likely N-dealkylation sites (N-methyl/N-ethyl adjacent to an activating group) is 2. The Labute approximate surface area is 189 Å². The largest absolute Gasteiger partial charge is 0.390 e. The number of hydrogen-bond donors (Lipinski definition) is 1. The number of anilines is 1. The molecule has 0 aliphatic rings. The maximum absolute atomic E-state index is 12.9. The van der Waals surface area contributed by atoms with Gasteiger partial charge < -0.3 is 14.5 Å². The molecular weight excluding hydrogens is 428 g/mol. The molecule has 0 fully saturated rings. The molecule has 1 heterocycles. The van der Waals surface area contributed by atoms with Gasteiger partial charge in [-0.1, -0.05) is 31.1 Å². The molecule has 1 N–H and O–H groups in total. The van der Waals surface area contributed by atoms with Crippen molar-refractivity contribution in [3.8, 4) is 11.4 Å². The Morgan fingerprint density at radius 2 is 1.62 bits per heavy atom. The van der Waals surface area contributed by atoms with E-state index in [0.717, 1.165) is 16.8 Å². The molecular formula is C23H30N4O4S. The lowest BCUT2D eigenvalue weighted by Gasteiger charge is -2.26. The Bertz CT molecular complexity index is 1130. The first-order valence-electron chi connectivity index (χ1n) is 10.4. The SMILES string of the molecule is Cc1nc(-c2ccc(N(C)CC(O)CN(C)S(=O)(=O)c3ccc(C(C)C)cc3)cc2)no1. The van der Waals surface area contributed by atoms with Crippen LogP contribution in [0.2, 0.25) is 0 Å². The molecule has 0 bridgehead atoms. The van der Waals surface area contributed by atoms with E-state index in [1.807, 2.05) is 48.3 Å². The molecule has 0 aliphatic carbocycles. The molecule has 0 aliphatic heterocycles. The Balaban J connectivity index is 1.60. The third-order valence-electron chi connectivity index (χ3n) is 5.30. The van der Waals surface area contributed by atoms with Crippen LogP contribution in [0.1, 0.15) is 31.2 Å². The van der Waals surface area contributed by atoms with E-state index in [0.29, 0.717) is 17.6 Å². The van der Waals surface area contributed by atoms with Crippen LogP contribution < -0.4 is 4.90 Å². The number of aromatic nitrogens is 2. The highest BCUT2D eigenvalue weighted by Gasteiger charge is 2.24. The predicted octanol–water partition coefficient (Wildman–Crippen LogP) is 3.29. The van der Waals surface area contributed by atoms with Gasteiger partial charge in [-0.05, 0) is 47.9 Å². The number of aryl methyl sites for hydroxylation is 1. The Morgan fingerprint density at radius 3 is 2.16 bits per heavy atom. The first-order valence-corrected chi connectivity index (χ1v) is 11.9. The van der Waals surface area contributed by atoms with Gasteiger partial charge in [0.2, 0.25) is 21.7 Å². The number of hydrogen-bond acceptors (Lipinski definition) is 7. The van der Waals surface area contributed by atoms with Gasteiger partial charge in [0.05, 0.1) is 11.0 Å².